The summed E-state index contributed by atoms with van der Waals surface area (Å²) >= 11 is 0. The molecule has 4 aromatic rings. The van der Waals surface area contributed by atoms with Gasteiger partial charge in [0.15, 0.2) is 5.65 Å². The Morgan fingerprint density at radius 1 is 1.17 bits per heavy atom. The van der Waals surface area contributed by atoms with Crippen LogP contribution in [0.5, 0.6) is 0 Å². The molecule has 0 atom stereocenters. The van der Waals surface area contributed by atoms with E-state index in [1.807, 2.05) is 0 Å². The molecule has 154 valence electrons. The van der Waals surface area contributed by atoms with Crippen LogP contribution in [-0.4, -0.2) is 37.3 Å². The van der Waals surface area contributed by atoms with Gasteiger partial charge >= 0.3 is 6.18 Å². The quantitative estimate of drug-likeness (QED) is 0.532. The number of nitrogens with zero attached hydrogens (tertiary/aromatic N) is 5. The molecule has 3 aromatic heterocycles. The van der Waals surface area contributed by atoms with Crippen molar-refractivity contribution in [3.8, 4) is 5.69 Å². The molecule has 8 nitrogen and oxygen atoms in total. The molecule has 1 amide bonds. The van der Waals surface area contributed by atoms with Crippen LogP contribution in [0.4, 0.5) is 24.8 Å². The van der Waals surface area contributed by atoms with Crippen molar-refractivity contribution in [2.75, 3.05) is 17.7 Å². The predicted molar refractivity (Wildman–Crippen MR) is 104 cm³/mol. The summed E-state index contributed by atoms with van der Waals surface area (Å²) in [6.45, 7) is 1.68. The van der Waals surface area contributed by atoms with Gasteiger partial charge in [-0.25, -0.2) is 14.2 Å². The molecule has 0 radical (unpaired) electrons. The SMILES string of the molecule is CNc1ccn2ncc(C(=O)Nc3cc(C)nn3-c3cccc(C(F)(F)F)c3)c2n1. The number of hydrogen-bond donors (Lipinski definition) is 2. The van der Waals surface area contributed by atoms with Gasteiger partial charge in [-0.2, -0.15) is 23.4 Å². The van der Waals surface area contributed by atoms with Crippen LogP contribution in [0.1, 0.15) is 21.6 Å². The van der Waals surface area contributed by atoms with Gasteiger partial charge in [0, 0.05) is 19.3 Å². The second kappa shape index (κ2) is 7.17. The number of aromatic nitrogens is 5. The summed E-state index contributed by atoms with van der Waals surface area (Å²) < 4.78 is 41.9. The minimum absolute atomic E-state index is 0.170. The molecule has 0 aliphatic carbocycles. The zero-order chi connectivity index (χ0) is 21.5. The maximum absolute atomic E-state index is 13.1. The Balaban J connectivity index is 1.70. The van der Waals surface area contributed by atoms with E-state index in [9.17, 15) is 18.0 Å². The zero-order valence-corrected chi connectivity index (χ0v) is 15.9. The predicted octanol–water partition coefficient (Wildman–Crippen LogP) is 3.54. The second-order valence-corrected chi connectivity index (χ2v) is 6.47. The van der Waals surface area contributed by atoms with Crippen molar-refractivity contribution in [3.05, 3.63) is 65.6 Å². The lowest BCUT2D eigenvalue weighted by Crippen LogP contribution is -2.16. The number of nitrogens with one attached hydrogen (secondary N) is 2. The summed E-state index contributed by atoms with van der Waals surface area (Å²) in [6, 6.07) is 7.98. The first-order valence-electron chi connectivity index (χ1n) is 8.84. The van der Waals surface area contributed by atoms with Crippen molar-refractivity contribution in [2.24, 2.45) is 0 Å². The minimum atomic E-state index is -4.49. The molecular weight excluding hydrogens is 399 g/mol. The van der Waals surface area contributed by atoms with Crippen LogP contribution in [-0.2, 0) is 6.18 Å². The normalized spacial score (nSPS) is 11.6. The molecule has 0 aliphatic rings. The Kier molecular flexibility index (Phi) is 4.65. The van der Waals surface area contributed by atoms with Crippen LogP contribution in [0.25, 0.3) is 11.3 Å². The number of anilines is 2. The fraction of sp³-hybridized carbons (Fsp3) is 0.158. The van der Waals surface area contributed by atoms with Gasteiger partial charge in [0.05, 0.1) is 23.1 Å². The van der Waals surface area contributed by atoms with Gasteiger partial charge < -0.3 is 10.6 Å². The molecule has 3 heterocycles. The lowest BCUT2D eigenvalue weighted by Gasteiger charge is -2.11. The summed E-state index contributed by atoms with van der Waals surface area (Å²) in [6.07, 6.45) is -1.47. The summed E-state index contributed by atoms with van der Waals surface area (Å²) in [5.74, 6) is 0.265. The van der Waals surface area contributed by atoms with Crippen LogP contribution >= 0.6 is 0 Å². The first-order chi connectivity index (χ1) is 14.3. The lowest BCUT2D eigenvalue weighted by molar-refractivity contribution is -0.137. The Morgan fingerprint density at radius 3 is 2.70 bits per heavy atom. The monoisotopic (exact) mass is 415 g/mol. The molecule has 11 heteroatoms. The standard InChI is InChI=1S/C19H16F3N7O/c1-11-8-16(29(27-11)13-5-3-4-12(9-13)19(20,21)22)26-18(30)14-10-24-28-7-6-15(23-2)25-17(14)28/h3-10H,1-2H3,(H,23,25)(H,26,30). The third-order valence-corrected chi connectivity index (χ3v) is 4.36. The van der Waals surface area contributed by atoms with Gasteiger partial charge in [0.1, 0.15) is 17.2 Å². The number of benzene rings is 1. The molecule has 0 unspecified atom stereocenters. The van der Waals surface area contributed by atoms with E-state index in [-0.39, 0.29) is 17.1 Å². The van der Waals surface area contributed by atoms with Gasteiger partial charge in [0.2, 0.25) is 0 Å². The summed E-state index contributed by atoms with van der Waals surface area (Å²) in [4.78, 5) is 17.2. The molecular formula is C19H16F3N7O. The Labute approximate surface area is 168 Å². The number of carbonyl (C=O) groups is 1. The maximum Gasteiger partial charge on any atom is 0.416 e. The van der Waals surface area contributed by atoms with Crippen molar-refractivity contribution in [2.45, 2.75) is 13.1 Å². The summed E-state index contributed by atoms with van der Waals surface area (Å²) in [7, 11) is 1.70. The number of aryl methyl sites for hydroxylation is 1. The van der Waals surface area contributed by atoms with Gasteiger partial charge in [-0.05, 0) is 31.2 Å². The first kappa shape index (κ1) is 19.4. The van der Waals surface area contributed by atoms with Crippen molar-refractivity contribution in [1.29, 1.82) is 0 Å². The third kappa shape index (κ3) is 3.56. The molecule has 4 rings (SSSR count). The van der Waals surface area contributed by atoms with Crippen LogP contribution < -0.4 is 10.6 Å². The number of carbonyl (C=O) groups excluding carboxylic acids is 1. The molecule has 0 bridgehead atoms. The highest BCUT2D eigenvalue weighted by atomic mass is 19.4. The van der Waals surface area contributed by atoms with Gasteiger partial charge in [0.25, 0.3) is 5.91 Å². The number of halogens is 3. The van der Waals surface area contributed by atoms with E-state index < -0.39 is 17.6 Å². The fourth-order valence-electron chi connectivity index (χ4n) is 2.95. The van der Waals surface area contributed by atoms with Gasteiger partial charge in [-0.3, -0.25) is 4.79 Å². The number of fused-ring (bicyclic) bond motifs is 1. The number of rotatable bonds is 4. The average molecular weight is 415 g/mol. The summed E-state index contributed by atoms with van der Waals surface area (Å²) in [5, 5.41) is 13.9. The third-order valence-electron chi connectivity index (χ3n) is 4.36. The Bertz CT molecular complexity index is 1240. The van der Waals surface area contributed by atoms with Crippen LogP contribution in [0, 0.1) is 6.92 Å². The molecule has 30 heavy (non-hydrogen) atoms. The highest BCUT2D eigenvalue weighted by Gasteiger charge is 2.30. The van der Waals surface area contributed by atoms with Gasteiger partial charge in [-0.1, -0.05) is 6.07 Å². The number of alkyl halides is 3. The molecule has 1 aromatic carbocycles. The summed E-state index contributed by atoms with van der Waals surface area (Å²) in [5.41, 5.74) is 0.432. The largest absolute Gasteiger partial charge is 0.416 e. The molecule has 0 fully saturated rings. The van der Waals surface area contributed by atoms with Crippen molar-refractivity contribution >= 4 is 23.2 Å². The highest BCUT2D eigenvalue weighted by Crippen LogP contribution is 2.31. The lowest BCUT2D eigenvalue weighted by atomic mass is 10.2. The molecule has 0 spiro atoms. The van der Waals surface area contributed by atoms with Crippen LogP contribution in [0.15, 0.2) is 48.8 Å². The van der Waals surface area contributed by atoms with E-state index in [0.29, 0.717) is 17.2 Å². The first-order valence-corrected chi connectivity index (χ1v) is 8.84. The minimum Gasteiger partial charge on any atom is -0.373 e. The van der Waals surface area contributed by atoms with Gasteiger partial charge in [-0.15, -0.1) is 0 Å². The Hall–Kier alpha value is -3.89. The molecule has 0 saturated carbocycles. The van der Waals surface area contributed by atoms with Crippen LogP contribution in [0.3, 0.4) is 0 Å². The van der Waals surface area contributed by atoms with Crippen LogP contribution in [0.2, 0.25) is 0 Å². The highest BCUT2D eigenvalue weighted by molar-refractivity contribution is 6.08. The maximum atomic E-state index is 13.1. The van der Waals surface area contributed by atoms with Crippen molar-refractivity contribution in [1.82, 2.24) is 24.4 Å². The number of hydrogen-bond acceptors (Lipinski definition) is 5. The van der Waals surface area contributed by atoms with Crippen molar-refractivity contribution < 1.29 is 18.0 Å². The Morgan fingerprint density at radius 2 is 1.97 bits per heavy atom. The van der Waals surface area contributed by atoms with E-state index in [4.69, 9.17) is 0 Å². The van der Waals surface area contributed by atoms with E-state index in [0.717, 1.165) is 12.1 Å². The van der Waals surface area contributed by atoms with E-state index in [1.165, 1.54) is 27.5 Å². The van der Waals surface area contributed by atoms with E-state index >= 15 is 0 Å². The average Bonchev–Trinajstić information content (AvgIpc) is 3.30. The topological polar surface area (TPSA) is 89.1 Å². The molecule has 2 N–H and O–H groups in total. The van der Waals surface area contributed by atoms with E-state index in [2.05, 4.69) is 25.8 Å². The fourth-order valence-corrected chi connectivity index (χ4v) is 2.95. The number of amides is 1. The zero-order valence-electron chi connectivity index (χ0n) is 15.9. The second-order valence-electron chi connectivity index (χ2n) is 6.47. The molecule has 0 aliphatic heterocycles. The van der Waals surface area contributed by atoms with Crippen molar-refractivity contribution in [3.63, 3.8) is 0 Å². The smallest absolute Gasteiger partial charge is 0.373 e. The van der Waals surface area contributed by atoms with E-state index in [1.54, 1.807) is 32.3 Å². The molecule has 0 saturated heterocycles.